The number of benzene rings is 1. The molecular formula is C31H38N6O5S. The first-order chi connectivity index (χ1) is 20.2. The number of aryl methyl sites for hydroxylation is 1. The maximum atomic E-state index is 14.1. The van der Waals surface area contributed by atoms with Crippen LogP contribution >= 0.6 is 11.3 Å². The van der Waals surface area contributed by atoms with Gasteiger partial charge in [0.15, 0.2) is 0 Å². The number of carbonyl (C=O) groups is 3. The minimum atomic E-state index is -0.829. The van der Waals surface area contributed by atoms with Crippen molar-refractivity contribution in [2.75, 3.05) is 6.54 Å². The Morgan fingerprint density at radius 2 is 1.81 bits per heavy atom. The molecule has 0 unspecified atom stereocenters. The molecule has 0 spiro atoms. The normalized spacial score (nSPS) is 27.6. The summed E-state index contributed by atoms with van der Waals surface area (Å²) in [7, 11) is 0. The van der Waals surface area contributed by atoms with Crippen LogP contribution in [0.5, 0.6) is 0 Å². The lowest BCUT2D eigenvalue weighted by Crippen LogP contribution is -2.68. The van der Waals surface area contributed by atoms with Gasteiger partial charge in [-0.1, -0.05) is 50.3 Å². The van der Waals surface area contributed by atoms with Crippen LogP contribution in [0.1, 0.15) is 82.4 Å². The van der Waals surface area contributed by atoms with Gasteiger partial charge in [-0.15, -0.1) is 16.4 Å². The van der Waals surface area contributed by atoms with Crippen LogP contribution in [-0.4, -0.2) is 71.6 Å². The Kier molecular flexibility index (Phi) is 7.00. The standard InChI is InChI=1S/C31H38N6O5S/c1-17(19-6-8-20(9-7-19)24-18(2)32-16-43-24)33-26(39)22-10-21(38)11-36(22)27(40)25(29(3,4)5)37-12-23(34-35-37)30-13-31(14-30,15-30)28(41)42/h6-9,12,16-17,21-22,25,38H,10-11,13-15H2,1-5H3,(H,33,39)(H,41,42)/t17-,21+,22-,25+,30?,31?/m0/s1. The van der Waals surface area contributed by atoms with Crippen molar-refractivity contribution >= 4 is 29.1 Å². The highest BCUT2D eigenvalue weighted by molar-refractivity contribution is 7.13. The number of nitrogens with zero attached hydrogens (tertiary/aromatic N) is 5. The number of aliphatic hydroxyl groups excluding tert-OH is 1. The number of nitrogens with one attached hydrogen (secondary N) is 1. The van der Waals surface area contributed by atoms with E-state index in [-0.39, 0.29) is 36.2 Å². The largest absolute Gasteiger partial charge is 0.481 e. The zero-order chi connectivity index (χ0) is 30.9. The molecule has 3 N–H and O–H groups in total. The zero-order valence-electron chi connectivity index (χ0n) is 25.1. The lowest BCUT2D eigenvalue weighted by Gasteiger charge is -2.67. The summed E-state index contributed by atoms with van der Waals surface area (Å²) >= 11 is 1.59. The molecule has 4 aliphatic rings. The van der Waals surface area contributed by atoms with E-state index in [0.29, 0.717) is 25.0 Å². The van der Waals surface area contributed by atoms with E-state index in [9.17, 15) is 24.6 Å². The third-order valence-corrected chi connectivity index (χ3v) is 10.5. The van der Waals surface area contributed by atoms with Gasteiger partial charge in [0.25, 0.3) is 0 Å². The molecule has 2 aromatic heterocycles. The molecule has 7 rings (SSSR count). The molecule has 3 heterocycles. The fourth-order valence-electron chi connectivity index (χ4n) is 7.17. The third kappa shape index (κ3) is 4.94. The summed E-state index contributed by atoms with van der Waals surface area (Å²) < 4.78 is 1.56. The number of hydrogen-bond donors (Lipinski definition) is 3. The lowest BCUT2D eigenvalue weighted by atomic mass is 9.34. The number of thiazole rings is 1. The van der Waals surface area contributed by atoms with Gasteiger partial charge in [0.1, 0.15) is 12.1 Å². The van der Waals surface area contributed by atoms with E-state index in [1.807, 2.05) is 64.4 Å². The van der Waals surface area contributed by atoms with Crippen molar-refractivity contribution in [2.24, 2.45) is 10.8 Å². The fraction of sp³-hybridized carbons (Fsp3) is 0.548. The fourth-order valence-corrected chi connectivity index (χ4v) is 7.98. The van der Waals surface area contributed by atoms with Crippen molar-refractivity contribution in [1.82, 2.24) is 30.2 Å². The average molecular weight is 607 g/mol. The first-order valence-electron chi connectivity index (χ1n) is 14.7. The zero-order valence-corrected chi connectivity index (χ0v) is 25.9. The SMILES string of the molecule is Cc1ncsc1-c1ccc([C@H](C)NC(=O)[C@@H]2C[C@@H](O)CN2C(=O)[C@@H](n2cc(C34CC(C(=O)O)(C3)C4)nn2)C(C)(C)C)cc1. The van der Waals surface area contributed by atoms with E-state index in [1.165, 1.54) is 4.90 Å². The lowest BCUT2D eigenvalue weighted by molar-refractivity contribution is -0.195. The molecule has 11 nitrogen and oxygen atoms in total. The van der Waals surface area contributed by atoms with Crippen LogP contribution in [0.15, 0.2) is 36.0 Å². The number of carboxylic acid groups (broad SMARTS) is 1. The maximum Gasteiger partial charge on any atom is 0.309 e. The van der Waals surface area contributed by atoms with Gasteiger partial charge < -0.3 is 20.4 Å². The van der Waals surface area contributed by atoms with E-state index < -0.39 is 35.0 Å². The van der Waals surface area contributed by atoms with E-state index in [4.69, 9.17) is 0 Å². The molecule has 228 valence electrons. The van der Waals surface area contributed by atoms with Crippen LogP contribution in [-0.2, 0) is 19.8 Å². The van der Waals surface area contributed by atoms with Crippen LogP contribution in [0.3, 0.4) is 0 Å². The second-order valence-corrected chi connectivity index (χ2v) is 14.6. The highest BCUT2D eigenvalue weighted by Crippen LogP contribution is 2.73. The summed E-state index contributed by atoms with van der Waals surface area (Å²) in [5.74, 6) is -1.39. The van der Waals surface area contributed by atoms with E-state index in [2.05, 4.69) is 20.6 Å². The predicted molar refractivity (Wildman–Crippen MR) is 159 cm³/mol. The van der Waals surface area contributed by atoms with Gasteiger partial charge >= 0.3 is 5.97 Å². The molecule has 3 aliphatic carbocycles. The smallest absolute Gasteiger partial charge is 0.309 e. The predicted octanol–water partition coefficient (Wildman–Crippen LogP) is 3.64. The van der Waals surface area contributed by atoms with Gasteiger partial charge in [0.2, 0.25) is 11.8 Å². The number of hydrogen-bond acceptors (Lipinski definition) is 8. The van der Waals surface area contributed by atoms with Crippen LogP contribution in [0.25, 0.3) is 10.4 Å². The second kappa shape index (κ2) is 10.2. The first-order valence-corrected chi connectivity index (χ1v) is 15.6. The molecular weight excluding hydrogens is 568 g/mol. The van der Waals surface area contributed by atoms with Crippen molar-refractivity contribution in [1.29, 1.82) is 0 Å². The van der Waals surface area contributed by atoms with Crippen molar-refractivity contribution in [3.05, 3.63) is 52.9 Å². The molecule has 4 fully saturated rings. The molecule has 3 saturated carbocycles. The van der Waals surface area contributed by atoms with Gasteiger partial charge in [-0.3, -0.25) is 14.4 Å². The Labute approximate surface area is 254 Å². The molecule has 1 aromatic carbocycles. The van der Waals surface area contributed by atoms with Gasteiger partial charge in [0.05, 0.1) is 39.3 Å². The van der Waals surface area contributed by atoms with Crippen molar-refractivity contribution in [3.8, 4) is 10.4 Å². The molecule has 4 atom stereocenters. The highest BCUT2D eigenvalue weighted by atomic mass is 32.1. The highest BCUT2D eigenvalue weighted by Gasteiger charge is 2.73. The monoisotopic (exact) mass is 606 g/mol. The van der Waals surface area contributed by atoms with Gasteiger partial charge in [-0.25, -0.2) is 9.67 Å². The molecule has 2 amide bonds. The number of aliphatic carboxylic acids is 1. The molecule has 0 radical (unpaired) electrons. The number of carboxylic acids is 1. The summed E-state index contributed by atoms with van der Waals surface area (Å²) in [4.78, 5) is 46.2. The van der Waals surface area contributed by atoms with E-state index >= 15 is 0 Å². The van der Waals surface area contributed by atoms with Crippen molar-refractivity contribution in [3.63, 3.8) is 0 Å². The Balaban J connectivity index is 1.17. The summed E-state index contributed by atoms with van der Waals surface area (Å²) in [5.41, 5.74) is 3.99. The third-order valence-electron chi connectivity index (χ3n) is 9.50. The van der Waals surface area contributed by atoms with E-state index in [0.717, 1.165) is 21.7 Å². The van der Waals surface area contributed by atoms with Crippen LogP contribution in [0.4, 0.5) is 0 Å². The Morgan fingerprint density at radius 3 is 2.40 bits per heavy atom. The minimum absolute atomic E-state index is 0.0490. The second-order valence-electron chi connectivity index (χ2n) is 13.8. The van der Waals surface area contributed by atoms with Crippen LogP contribution < -0.4 is 5.32 Å². The number of amides is 2. The van der Waals surface area contributed by atoms with Crippen molar-refractivity contribution < 1.29 is 24.6 Å². The molecule has 1 aliphatic heterocycles. The molecule has 1 saturated heterocycles. The maximum absolute atomic E-state index is 14.1. The first kappa shape index (κ1) is 29.4. The summed E-state index contributed by atoms with van der Waals surface area (Å²) in [5, 5.41) is 31.8. The van der Waals surface area contributed by atoms with Crippen LogP contribution in [0, 0.1) is 17.8 Å². The number of β-amino-alcohol motifs (C(OH)–C–C–N with tert-alkyl or cyclic N) is 1. The number of likely N-dealkylation sites (tertiary alicyclic amines) is 1. The van der Waals surface area contributed by atoms with Gasteiger partial charge in [-0.05, 0) is 49.7 Å². The molecule has 2 bridgehead atoms. The summed E-state index contributed by atoms with van der Waals surface area (Å²) in [6.07, 6.45) is 2.70. The van der Waals surface area contributed by atoms with Gasteiger partial charge in [0, 0.05) is 24.6 Å². The van der Waals surface area contributed by atoms with Crippen LogP contribution in [0.2, 0.25) is 0 Å². The Bertz CT molecular complexity index is 1550. The minimum Gasteiger partial charge on any atom is -0.481 e. The number of carbonyl (C=O) groups excluding carboxylic acids is 2. The number of aromatic nitrogens is 4. The molecule has 3 aromatic rings. The molecule has 12 heteroatoms. The Morgan fingerprint density at radius 1 is 1.14 bits per heavy atom. The summed E-state index contributed by atoms with van der Waals surface area (Å²) in [6, 6.07) is 6.09. The quantitative estimate of drug-likeness (QED) is 0.352. The number of rotatable bonds is 8. The van der Waals surface area contributed by atoms with E-state index in [1.54, 1.807) is 22.2 Å². The Hall–Kier alpha value is -3.64. The average Bonchev–Trinajstić information content (AvgIpc) is 3.62. The topological polar surface area (TPSA) is 151 Å². The molecule has 43 heavy (non-hydrogen) atoms. The summed E-state index contributed by atoms with van der Waals surface area (Å²) in [6.45, 7) is 9.71. The van der Waals surface area contributed by atoms with Crippen molar-refractivity contribution in [2.45, 2.75) is 89.9 Å². The number of aliphatic hydroxyl groups is 1. The van der Waals surface area contributed by atoms with Gasteiger partial charge in [-0.2, -0.15) is 0 Å².